The van der Waals surface area contributed by atoms with Crippen LogP contribution in [0.4, 0.5) is 0 Å². The maximum Gasteiger partial charge on any atom is 0.0495 e. The normalized spacial score (nSPS) is 24.9. The number of hydrogen-bond acceptors (Lipinski definition) is 3. The van der Waals surface area contributed by atoms with Crippen LogP contribution in [0.5, 0.6) is 0 Å². The first-order chi connectivity index (χ1) is 6.33. The van der Waals surface area contributed by atoms with Gasteiger partial charge in [0.1, 0.15) is 0 Å². The molecule has 0 aromatic heterocycles. The van der Waals surface area contributed by atoms with Crippen molar-refractivity contribution in [2.45, 2.75) is 31.7 Å². The SMILES string of the molecule is COCCCC(N)CC1CCOC1. The molecule has 1 rings (SSSR count). The van der Waals surface area contributed by atoms with Crippen molar-refractivity contribution >= 4 is 0 Å². The van der Waals surface area contributed by atoms with Crippen LogP contribution >= 0.6 is 0 Å². The third-order valence-electron chi connectivity index (χ3n) is 2.58. The van der Waals surface area contributed by atoms with E-state index in [1.54, 1.807) is 7.11 Å². The van der Waals surface area contributed by atoms with Crippen LogP contribution in [-0.2, 0) is 9.47 Å². The molecule has 0 aliphatic carbocycles. The molecule has 2 N–H and O–H groups in total. The third-order valence-corrected chi connectivity index (χ3v) is 2.58. The molecule has 3 nitrogen and oxygen atoms in total. The minimum absolute atomic E-state index is 0.335. The lowest BCUT2D eigenvalue weighted by molar-refractivity contribution is 0.178. The smallest absolute Gasteiger partial charge is 0.0495 e. The van der Waals surface area contributed by atoms with E-state index in [0.717, 1.165) is 39.1 Å². The van der Waals surface area contributed by atoms with Crippen molar-refractivity contribution < 1.29 is 9.47 Å². The van der Waals surface area contributed by atoms with Gasteiger partial charge in [0.25, 0.3) is 0 Å². The molecule has 0 saturated carbocycles. The fourth-order valence-electron chi connectivity index (χ4n) is 1.81. The zero-order valence-corrected chi connectivity index (χ0v) is 8.50. The Morgan fingerprint density at radius 2 is 2.46 bits per heavy atom. The van der Waals surface area contributed by atoms with E-state index in [4.69, 9.17) is 15.2 Å². The van der Waals surface area contributed by atoms with Crippen molar-refractivity contribution in [3.05, 3.63) is 0 Å². The molecule has 0 aromatic carbocycles. The highest BCUT2D eigenvalue weighted by Gasteiger charge is 2.18. The minimum Gasteiger partial charge on any atom is -0.385 e. The predicted molar refractivity (Wildman–Crippen MR) is 52.6 cm³/mol. The molecule has 3 heteroatoms. The van der Waals surface area contributed by atoms with E-state index in [2.05, 4.69) is 0 Å². The number of nitrogens with two attached hydrogens (primary N) is 1. The van der Waals surface area contributed by atoms with Crippen LogP contribution in [0.3, 0.4) is 0 Å². The fraction of sp³-hybridized carbons (Fsp3) is 1.00. The molecule has 78 valence electrons. The van der Waals surface area contributed by atoms with E-state index < -0.39 is 0 Å². The second kappa shape index (κ2) is 6.35. The van der Waals surface area contributed by atoms with Crippen molar-refractivity contribution in [2.24, 2.45) is 11.7 Å². The molecule has 0 radical (unpaired) electrons. The standard InChI is InChI=1S/C10H21NO2/c1-12-5-2-3-10(11)7-9-4-6-13-8-9/h9-10H,2-8,11H2,1H3. The largest absolute Gasteiger partial charge is 0.385 e. The highest BCUT2D eigenvalue weighted by atomic mass is 16.5. The van der Waals surface area contributed by atoms with E-state index in [9.17, 15) is 0 Å². The quantitative estimate of drug-likeness (QED) is 0.635. The Morgan fingerprint density at radius 1 is 1.62 bits per heavy atom. The van der Waals surface area contributed by atoms with Crippen LogP contribution in [-0.4, -0.2) is 33.0 Å². The maximum absolute atomic E-state index is 5.98. The summed E-state index contributed by atoms with van der Waals surface area (Å²) in [5, 5.41) is 0. The van der Waals surface area contributed by atoms with Gasteiger partial charge in [-0.3, -0.25) is 0 Å². The summed E-state index contributed by atoms with van der Waals surface area (Å²) in [6.45, 7) is 2.67. The molecular formula is C10H21NO2. The van der Waals surface area contributed by atoms with E-state index >= 15 is 0 Å². The Morgan fingerprint density at radius 3 is 3.08 bits per heavy atom. The highest BCUT2D eigenvalue weighted by molar-refractivity contribution is 4.71. The summed E-state index contributed by atoms with van der Waals surface area (Å²) < 4.78 is 10.3. The Kier molecular flexibility index (Phi) is 5.35. The van der Waals surface area contributed by atoms with E-state index in [1.165, 1.54) is 6.42 Å². The van der Waals surface area contributed by atoms with Gasteiger partial charge in [-0.15, -0.1) is 0 Å². The van der Waals surface area contributed by atoms with Gasteiger partial charge in [-0.1, -0.05) is 0 Å². The summed E-state index contributed by atoms with van der Waals surface area (Å²) in [6, 6.07) is 0.335. The molecule has 13 heavy (non-hydrogen) atoms. The molecule has 1 aliphatic heterocycles. The van der Waals surface area contributed by atoms with E-state index in [1.807, 2.05) is 0 Å². The zero-order chi connectivity index (χ0) is 9.52. The van der Waals surface area contributed by atoms with Crippen molar-refractivity contribution in [1.29, 1.82) is 0 Å². The Labute approximate surface area is 80.6 Å². The van der Waals surface area contributed by atoms with Gasteiger partial charge in [0.2, 0.25) is 0 Å². The number of ether oxygens (including phenoxy) is 2. The van der Waals surface area contributed by atoms with Gasteiger partial charge in [0.15, 0.2) is 0 Å². The first-order valence-corrected chi connectivity index (χ1v) is 5.15. The molecule has 0 bridgehead atoms. The zero-order valence-electron chi connectivity index (χ0n) is 8.50. The topological polar surface area (TPSA) is 44.5 Å². The third kappa shape index (κ3) is 4.60. The Hall–Kier alpha value is -0.120. The summed E-state index contributed by atoms with van der Waals surface area (Å²) in [7, 11) is 1.73. The maximum atomic E-state index is 5.98. The summed E-state index contributed by atoms with van der Waals surface area (Å²) in [5.74, 6) is 0.706. The van der Waals surface area contributed by atoms with Gasteiger partial charge in [-0.25, -0.2) is 0 Å². The highest BCUT2D eigenvalue weighted by Crippen LogP contribution is 2.18. The molecule has 0 aromatic rings. The van der Waals surface area contributed by atoms with Crippen LogP contribution in [0, 0.1) is 5.92 Å². The van der Waals surface area contributed by atoms with Gasteiger partial charge < -0.3 is 15.2 Å². The monoisotopic (exact) mass is 187 g/mol. The summed E-state index contributed by atoms with van der Waals surface area (Å²) in [4.78, 5) is 0. The lowest BCUT2D eigenvalue weighted by atomic mass is 9.97. The van der Waals surface area contributed by atoms with Crippen molar-refractivity contribution in [3.63, 3.8) is 0 Å². The molecule has 2 unspecified atom stereocenters. The second-order valence-corrected chi connectivity index (χ2v) is 3.86. The van der Waals surface area contributed by atoms with Gasteiger partial charge >= 0.3 is 0 Å². The van der Waals surface area contributed by atoms with Crippen LogP contribution in [0.1, 0.15) is 25.7 Å². The van der Waals surface area contributed by atoms with Crippen molar-refractivity contribution in [1.82, 2.24) is 0 Å². The first kappa shape index (κ1) is 11.0. The Balaban J connectivity index is 1.99. The van der Waals surface area contributed by atoms with Gasteiger partial charge in [-0.05, 0) is 31.6 Å². The average molecular weight is 187 g/mol. The molecule has 0 spiro atoms. The summed E-state index contributed by atoms with van der Waals surface area (Å²) in [5.41, 5.74) is 5.98. The van der Waals surface area contributed by atoms with Crippen LogP contribution in [0.25, 0.3) is 0 Å². The number of hydrogen-bond donors (Lipinski definition) is 1. The molecule has 1 heterocycles. The lowest BCUT2D eigenvalue weighted by Crippen LogP contribution is -2.24. The van der Waals surface area contributed by atoms with E-state index in [0.29, 0.717) is 12.0 Å². The molecule has 1 saturated heterocycles. The average Bonchev–Trinajstić information content (AvgIpc) is 2.57. The van der Waals surface area contributed by atoms with Crippen LogP contribution < -0.4 is 5.73 Å². The lowest BCUT2D eigenvalue weighted by Gasteiger charge is -2.14. The molecule has 1 fully saturated rings. The van der Waals surface area contributed by atoms with Gasteiger partial charge in [0, 0.05) is 33.0 Å². The predicted octanol–water partition coefficient (Wildman–Crippen LogP) is 1.17. The molecule has 0 amide bonds. The number of methoxy groups -OCH3 is 1. The summed E-state index contributed by atoms with van der Waals surface area (Å²) in [6.07, 6.45) is 4.46. The van der Waals surface area contributed by atoms with E-state index in [-0.39, 0.29) is 0 Å². The van der Waals surface area contributed by atoms with Gasteiger partial charge in [-0.2, -0.15) is 0 Å². The van der Waals surface area contributed by atoms with Crippen molar-refractivity contribution in [3.8, 4) is 0 Å². The molecule has 2 atom stereocenters. The summed E-state index contributed by atoms with van der Waals surface area (Å²) >= 11 is 0. The Bertz CT molecular complexity index is 124. The minimum atomic E-state index is 0.335. The van der Waals surface area contributed by atoms with Gasteiger partial charge in [0.05, 0.1) is 0 Å². The second-order valence-electron chi connectivity index (χ2n) is 3.86. The van der Waals surface area contributed by atoms with Crippen molar-refractivity contribution in [2.75, 3.05) is 26.9 Å². The first-order valence-electron chi connectivity index (χ1n) is 5.15. The molecular weight excluding hydrogens is 166 g/mol. The van der Waals surface area contributed by atoms with Crippen LogP contribution in [0.15, 0.2) is 0 Å². The molecule has 1 aliphatic rings. The van der Waals surface area contributed by atoms with Crippen LogP contribution in [0.2, 0.25) is 0 Å². The fourth-order valence-corrected chi connectivity index (χ4v) is 1.81. The number of rotatable bonds is 6.